The van der Waals surface area contributed by atoms with Crippen LogP contribution in [0.15, 0.2) is 67.0 Å². The molecule has 1 aliphatic heterocycles. The third-order valence-electron chi connectivity index (χ3n) is 5.34. The Morgan fingerprint density at radius 2 is 1.86 bits per heavy atom. The Labute approximate surface area is 168 Å². The van der Waals surface area contributed by atoms with Crippen molar-refractivity contribution in [3.8, 4) is 17.2 Å². The molecule has 0 radical (unpaired) electrons. The second-order valence-corrected chi connectivity index (χ2v) is 7.27. The summed E-state index contributed by atoms with van der Waals surface area (Å²) in [6.07, 6.45) is 4.17. The molecule has 4 aromatic rings. The first-order valence-electron chi connectivity index (χ1n) is 9.57. The van der Waals surface area contributed by atoms with Gasteiger partial charge in [0.25, 0.3) is 0 Å². The van der Waals surface area contributed by atoms with Gasteiger partial charge in [-0.05, 0) is 48.4 Å². The van der Waals surface area contributed by atoms with Crippen molar-refractivity contribution in [3.63, 3.8) is 0 Å². The van der Waals surface area contributed by atoms with Crippen LogP contribution in [0.1, 0.15) is 28.3 Å². The number of pyridine rings is 2. The fourth-order valence-electron chi connectivity index (χ4n) is 3.88. The van der Waals surface area contributed by atoms with Gasteiger partial charge in [0.1, 0.15) is 11.3 Å². The standard InChI is InChI=1S/C24H20N2O3/c1-15-8-10-25-18(11-15)13-20(17-5-7-21-22(12-17)29-14-28-21)19-6-4-16-3-2-9-26-23(16)24(19)27/h2-12,20,27H,13-14H2,1H3. The molecule has 0 saturated carbocycles. The number of aromatic nitrogens is 2. The zero-order chi connectivity index (χ0) is 19.8. The van der Waals surface area contributed by atoms with Crippen LogP contribution in [0.2, 0.25) is 0 Å². The fourth-order valence-corrected chi connectivity index (χ4v) is 3.88. The minimum Gasteiger partial charge on any atom is -0.505 e. The molecule has 3 heterocycles. The molecule has 0 aliphatic carbocycles. The minimum atomic E-state index is -0.106. The number of benzene rings is 2. The molecular weight excluding hydrogens is 364 g/mol. The summed E-state index contributed by atoms with van der Waals surface area (Å²) in [5.41, 5.74) is 4.58. The lowest BCUT2D eigenvalue weighted by Crippen LogP contribution is -2.07. The first-order chi connectivity index (χ1) is 14.2. The van der Waals surface area contributed by atoms with Crippen molar-refractivity contribution >= 4 is 10.9 Å². The Morgan fingerprint density at radius 3 is 2.76 bits per heavy atom. The van der Waals surface area contributed by atoms with Crippen LogP contribution >= 0.6 is 0 Å². The predicted molar refractivity (Wildman–Crippen MR) is 110 cm³/mol. The molecule has 1 aliphatic rings. The van der Waals surface area contributed by atoms with Crippen LogP contribution in [0.3, 0.4) is 0 Å². The van der Waals surface area contributed by atoms with Crippen LogP contribution in [-0.4, -0.2) is 21.9 Å². The number of ether oxygens (including phenoxy) is 2. The monoisotopic (exact) mass is 384 g/mol. The highest BCUT2D eigenvalue weighted by Gasteiger charge is 2.23. The third kappa shape index (κ3) is 3.25. The van der Waals surface area contributed by atoms with Gasteiger partial charge in [-0.3, -0.25) is 9.97 Å². The highest BCUT2D eigenvalue weighted by atomic mass is 16.7. The molecule has 5 heteroatoms. The van der Waals surface area contributed by atoms with Crippen molar-refractivity contribution in [2.45, 2.75) is 19.3 Å². The lowest BCUT2D eigenvalue weighted by Gasteiger charge is -2.20. The molecule has 0 amide bonds. The van der Waals surface area contributed by atoms with Crippen LogP contribution < -0.4 is 9.47 Å². The first-order valence-corrected chi connectivity index (χ1v) is 9.57. The maximum atomic E-state index is 11.1. The number of phenolic OH excluding ortho intramolecular Hbond substituents is 1. The summed E-state index contributed by atoms with van der Waals surface area (Å²) < 4.78 is 11.0. The van der Waals surface area contributed by atoms with Gasteiger partial charge in [-0.1, -0.05) is 24.3 Å². The Kier molecular flexibility index (Phi) is 4.28. The number of fused-ring (bicyclic) bond motifs is 2. The molecule has 1 atom stereocenters. The summed E-state index contributed by atoms with van der Waals surface area (Å²) in [5, 5.41) is 12.0. The van der Waals surface area contributed by atoms with E-state index in [1.807, 2.05) is 54.7 Å². The highest BCUT2D eigenvalue weighted by Crippen LogP contribution is 2.41. The van der Waals surface area contributed by atoms with Crippen LogP contribution in [0.25, 0.3) is 10.9 Å². The van der Waals surface area contributed by atoms with Crippen LogP contribution in [0.4, 0.5) is 0 Å². The number of phenols is 1. The average molecular weight is 384 g/mol. The molecular formula is C24H20N2O3. The molecule has 0 spiro atoms. The summed E-state index contributed by atoms with van der Waals surface area (Å²) in [4.78, 5) is 8.93. The minimum absolute atomic E-state index is 0.106. The number of rotatable bonds is 4. The summed E-state index contributed by atoms with van der Waals surface area (Å²) in [6, 6.07) is 17.8. The van der Waals surface area contributed by atoms with Crippen LogP contribution in [-0.2, 0) is 6.42 Å². The molecule has 1 unspecified atom stereocenters. The normalized spacial score (nSPS) is 13.6. The fraction of sp³-hybridized carbons (Fsp3) is 0.167. The molecule has 2 aromatic carbocycles. The van der Waals surface area contributed by atoms with Crippen molar-refractivity contribution in [1.82, 2.24) is 9.97 Å². The number of aromatic hydroxyl groups is 1. The van der Waals surface area contributed by atoms with Gasteiger partial charge < -0.3 is 14.6 Å². The van der Waals surface area contributed by atoms with E-state index in [1.54, 1.807) is 6.20 Å². The van der Waals surface area contributed by atoms with Crippen molar-refractivity contribution in [1.29, 1.82) is 0 Å². The second-order valence-electron chi connectivity index (χ2n) is 7.27. The van der Waals surface area contributed by atoms with E-state index in [9.17, 15) is 5.11 Å². The van der Waals surface area contributed by atoms with E-state index < -0.39 is 0 Å². The molecule has 5 nitrogen and oxygen atoms in total. The van der Waals surface area contributed by atoms with Gasteiger partial charge >= 0.3 is 0 Å². The largest absolute Gasteiger partial charge is 0.505 e. The van der Waals surface area contributed by atoms with Gasteiger partial charge in [-0.15, -0.1) is 0 Å². The quantitative estimate of drug-likeness (QED) is 0.550. The molecule has 144 valence electrons. The van der Waals surface area contributed by atoms with Gasteiger partial charge in [-0.25, -0.2) is 0 Å². The highest BCUT2D eigenvalue weighted by molar-refractivity contribution is 5.85. The lowest BCUT2D eigenvalue weighted by molar-refractivity contribution is 0.174. The number of hydrogen-bond acceptors (Lipinski definition) is 5. The zero-order valence-corrected chi connectivity index (χ0v) is 16.0. The maximum Gasteiger partial charge on any atom is 0.231 e. The zero-order valence-electron chi connectivity index (χ0n) is 16.0. The molecule has 1 N–H and O–H groups in total. The van der Waals surface area contributed by atoms with Gasteiger partial charge in [0.2, 0.25) is 6.79 Å². The molecule has 0 saturated heterocycles. The van der Waals surface area contributed by atoms with Gasteiger partial charge in [0.05, 0.1) is 0 Å². The van der Waals surface area contributed by atoms with E-state index in [-0.39, 0.29) is 18.5 Å². The van der Waals surface area contributed by atoms with Gasteiger partial charge in [0.15, 0.2) is 11.5 Å². The van der Waals surface area contributed by atoms with E-state index in [0.29, 0.717) is 11.9 Å². The number of hydrogen-bond donors (Lipinski definition) is 1. The number of nitrogens with zero attached hydrogens (tertiary/aromatic N) is 2. The SMILES string of the molecule is Cc1ccnc(CC(c2ccc3c(c2)OCO3)c2ccc3cccnc3c2O)c1. The summed E-state index contributed by atoms with van der Waals surface area (Å²) >= 11 is 0. The molecule has 5 rings (SSSR count). The van der Waals surface area contributed by atoms with Crippen molar-refractivity contribution in [3.05, 3.63) is 89.4 Å². The van der Waals surface area contributed by atoms with E-state index in [2.05, 4.69) is 23.0 Å². The van der Waals surface area contributed by atoms with Gasteiger partial charge in [0, 0.05) is 41.4 Å². The smallest absolute Gasteiger partial charge is 0.231 e. The average Bonchev–Trinajstić information content (AvgIpc) is 3.21. The number of aryl methyl sites for hydroxylation is 1. The summed E-state index contributed by atoms with van der Waals surface area (Å²) in [6.45, 7) is 2.28. The first kappa shape index (κ1) is 17.5. The molecule has 0 fully saturated rings. The van der Waals surface area contributed by atoms with E-state index >= 15 is 0 Å². The Balaban J connectivity index is 1.65. The second kappa shape index (κ2) is 7.09. The third-order valence-corrected chi connectivity index (χ3v) is 5.34. The molecule has 2 aromatic heterocycles. The lowest BCUT2D eigenvalue weighted by atomic mass is 9.85. The molecule has 0 bridgehead atoms. The van der Waals surface area contributed by atoms with E-state index in [0.717, 1.165) is 39.3 Å². The Hall–Kier alpha value is -3.60. The Morgan fingerprint density at radius 1 is 0.966 bits per heavy atom. The van der Waals surface area contributed by atoms with Crippen LogP contribution in [0, 0.1) is 6.92 Å². The van der Waals surface area contributed by atoms with Gasteiger partial charge in [-0.2, -0.15) is 0 Å². The van der Waals surface area contributed by atoms with Crippen LogP contribution in [0.5, 0.6) is 17.2 Å². The maximum absolute atomic E-state index is 11.1. The summed E-state index contributed by atoms with van der Waals surface area (Å²) in [5.74, 6) is 1.57. The van der Waals surface area contributed by atoms with Crippen molar-refractivity contribution < 1.29 is 14.6 Å². The van der Waals surface area contributed by atoms with Crippen molar-refractivity contribution in [2.75, 3.05) is 6.79 Å². The van der Waals surface area contributed by atoms with E-state index in [1.165, 1.54) is 0 Å². The van der Waals surface area contributed by atoms with Crippen molar-refractivity contribution in [2.24, 2.45) is 0 Å². The Bertz CT molecular complexity index is 1210. The summed E-state index contributed by atoms with van der Waals surface area (Å²) in [7, 11) is 0. The molecule has 29 heavy (non-hydrogen) atoms. The van der Waals surface area contributed by atoms with E-state index in [4.69, 9.17) is 9.47 Å². The predicted octanol–water partition coefficient (Wildman–Crippen LogP) is 4.75. The topological polar surface area (TPSA) is 64.5 Å².